The maximum Gasteiger partial charge on any atom is 0.303 e. The zero-order chi connectivity index (χ0) is 21.2. The lowest BCUT2D eigenvalue weighted by atomic mass is 9.39. The van der Waals surface area contributed by atoms with Crippen molar-refractivity contribution in [1.82, 2.24) is 0 Å². The second-order valence-corrected chi connectivity index (χ2v) is 10.1. The maximum atomic E-state index is 10.9. The predicted molar refractivity (Wildman–Crippen MR) is 115 cm³/mol. The van der Waals surface area contributed by atoms with Crippen molar-refractivity contribution < 1.29 is 20.1 Å². The maximum absolute atomic E-state index is 10.9. The summed E-state index contributed by atoms with van der Waals surface area (Å²) in [7, 11) is 0. The van der Waals surface area contributed by atoms with E-state index in [9.17, 15) is 15.0 Å². The molecule has 0 amide bonds. The Kier molecular flexibility index (Phi) is 7.27. The SMILES string of the molecule is CC1C(=CCCC(=O)O)[C@]2(C(C)C)CC[C@H](O)[C@@H](/C=C/C(O)C3CCCCC3)[C@H]12. The lowest BCUT2D eigenvalue weighted by Gasteiger charge is -2.65. The van der Waals surface area contributed by atoms with Crippen LogP contribution in [-0.4, -0.2) is 33.5 Å². The predicted octanol–water partition coefficient (Wildman–Crippen LogP) is 4.95. The normalized spacial score (nSPS) is 38.2. The first-order valence-corrected chi connectivity index (χ1v) is 11.8. The molecular formula is C25H40O4. The molecule has 0 aromatic rings. The number of hydrogen-bond donors (Lipinski definition) is 3. The zero-order valence-electron chi connectivity index (χ0n) is 18.4. The van der Waals surface area contributed by atoms with Crippen LogP contribution in [0.3, 0.4) is 0 Å². The Morgan fingerprint density at radius 2 is 1.90 bits per heavy atom. The minimum atomic E-state index is -0.749. The van der Waals surface area contributed by atoms with Crippen molar-refractivity contribution in [2.75, 3.05) is 0 Å². The molecule has 3 aliphatic carbocycles. The third-order valence-electron chi connectivity index (χ3n) is 8.29. The number of aliphatic carboxylic acids is 1. The van der Waals surface area contributed by atoms with Crippen LogP contribution in [0.15, 0.2) is 23.8 Å². The quantitative estimate of drug-likeness (QED) is 0.524. The Balaban J connectivity index is 1.78. The molecule has 4 nitrogen and oxygen atoms in total. The smallest absolute Gasteiger partial charge is 0.303 e. The van der Waals surface area contributed by atoms with Crippen molar-refractivity contribution in [3.05, 3.63) is 23.8 Å². The third kappa shape index (κ3) is 4.34. The largest absolute Gasteiger partial charge is 0.481 e. The average Bonchev–Trinajstić information content (AvgIpc) is 2.70. The lowest BCUT2D eigenvalue weighted by Crippen LogP contribution is -2.60. The zero-order valence-corrected chi connectivity index (χ0v) is 18.4. The van der Waals surface area contributed by atoms with Crippen molar-refractivity contribution in [1.29, 1.82) is 0 Å². The van der Waals surface area contributed by atoms with Gasteiger partial charge in [-0.2, -0.15) is 0 Å². The van der Waals surface area contributed by atoms with E-state index in [2.05, 4.69) is 32.9 Å². The number of allylic oxidation sites excluding steroid dienone is 2. The number of fused-ring (bicyclic) bond motifs is 1. The highest BCUT2D eigenvalue weighted by Crippen LogP contribution is 2.67. The van der Waals surface area contributed by atoms with Crippen LogP contribution < -0.4 is 0 Å². The van der Waals surface area contributed by atoms with Gasteiger partial charge in [0.1, 0.15) is 0 Å². The van der Waals surface area contributed by atoms with E-state index < -0.39 is 12.1 Å². The van der Waals surface area contributed by atoms with Gasteiger partial charge in [-0.3, -0.25) is 4.79 Å². The fourth-order valence-corrected chi connectivity index (χ4v) is 6.82. The molecule has 3 aliphatic rings. The van der Waals surface area contributed by atoms with Gasteiger partial charge in [0.05, 0.1) is 12.2 Å². The highest BCUT2D eigenvalue weighted by Gasteiger charge is 2.62. The summed E-state index contributed by atoms with van der Waals surface area (Å²) >= 11 is 0. The van der Waals surface area contributed by atoms with Gasteiger partial charge in [0.15, 0.2) is 0 Å². The molecule has 3 N–H and O–H groups in total. The van der Waals surface area contributed by atoms with Crippen LogP contribution in [0, 0.1) is 35.0 Å². The van der Waals surface area contributed by atoms with Gasteiger partial charge in [-0.15, -0.1) is 0 Å². The summed E-state index contributed by atoms with van der Waals surface area (Å²) in [6.07, 6.45) is 13.9. The first-order chi connectivity index (χ1) is 13.8. The van der Waals surface area contributed by atoms with E-state index in [0.717, 1.165) is 25.7 Å². The molecule has 3 rings (SSSR count). The Bertz CT molecular complexity index is 631. The van der Waals surface area contributed by atoms with Crippen LogP contribution in [0.1, 0.15) is 78.6 Å². The van der Waals surface area contributed by atoms with Gasteiger partial charge >= 0.3 is 5.97 Å². The summed E-state index contributed by atoms with van der Waals surface area (Å²) in [5, 5.41) is 30.5. The van der Waals surface area contributed by atoms with E-state index in [1.54, 1.807) is 0 Å². The molecule has 6 atom stereocenters. The van der Waals surface area contributed by atoms with Crippen LogP contribution in [0.4, 0.5) is 0 Å². The Morgan fingerprint density at radius 1 is 1.21 bits per heavy atom. The molecule has 2 unspecified atom stereocenters. The third-order valence-corrected chi connectivity index (χ3v) is 8.29. The Labute approximate surface area is 176 Å². The minimum Gasteiger partial charge on any atom is -0.481 e. The van der Waals surface area contributed by atoms with Crippen molar-refractivity contribution in [3.8, 4) is 0 Å². The fourth-order valence-electron chi connectivity index (χ4n) is 6.82. The number of carboxylic acid groups (broad SMARTS) is 1. The van der Waals surface area contributed by atoms with Crippen molar-refractivity contribution in [2.45, 2.75) is 90.8 Å². The van der Waals surface area contributed by atoms with Gasteiger partial charge in [-0.1, -0.05) is 63.8 Å². The van der Waals surface area contributed by atoms with E-state index in [1.807, 2.05) is 6.08 Å². The van der Waals surface area contributed by atoms with Gasteiger partial charge in [-0.05, 0) is 61.2 Å². The van der Waals surface area contributed by atoms with E-state index in [-0.39, 0.29) is 23.9 Å². The van der Waals surface area contributed by atoms with Gasteiger partial charge in [0.2, 0.25) is 0 Å². The summed E-state index contributed by atoms with van der Waals surface area (Å²) in [5.74, 6) is 0.837. The second kappa shape index (κ2) is 9.34. The van der Waals surface area contributed by atoms with Crippen molar-refractivity contribution >= 4 is 5.97 Å². The molecule has 0 radical (unpaired) electrons. The Morgan fingerprint density at radius 3 is 2.52 bits per heavy atom. The molecule has 0 aromatic carbocycles. The number of aliphatic hydroxyl groups is 2. The van der Waals surface area contributed by atoms with Crippen molar-refractivity contribution in [3.63, 3.8) is 0 Å². The molecule has 0 heterocycles. The van der Waals surface area contributed by atoms with Gasteiger partial charge in [0.25, 0.3) is 0 Å². The summed E-state index contributed by atoms with van der Waals surface area (Å²) < 4.78 is 0. The highest BCUT2D eigenvalue weighted by atomic mass is 16.4. The molecule has 0 saturated heterocycles. The summed E-state index contributed by atoms with van der Waals surface area (Å²) in [6, 6.07) is 0. The van der Waals surface area contributed by atoms with E-state index in [0.29, 0.717) is 30.1 Å². The number of rotatable bonds is 7. The van der Waals surface area contributed by atoms with Gasteiger partial charge < -0.3 is 15.3 Å². The summed E-state index contributed by atoms with van der Waals surface area (Å²) in [6.45, 7) is 6.76. The second-order valence-electron chi connectivity index (χ2n) is 10.1. The van der Waals surface area contributed by atoms with Crippen LogP contribution in [0.2, 0.25) is 0 Å². The first kappa shape index (κ1) is 22.6. The Hall–Kier alpha value is -1.13. The molecule has 164 valence electrons. The summed E-state index contributed by atoms with van der Waals surface area (Å²) in [5.41, 5.74) is 1.46. The number of aliphatic hydroxyl groups excluding tert-OH is 2. The van der Waals surface area contributed by atoms with Crippen LogP contribution in [0.5, 0.6) is 0 Å². The molecule has 3 fully saturated rings. The average molecular weight is 405 g/mol. The van der Waals surface area contributed by atoms with E-state index >= 15 is 0 Å². The monoisotopic (exact) mass is 404 g/mol. The molecule has 0 aromatic heterocycles. The summed E-state index contributed by atoms with van der Waals surface area (Å²) in [4.78, 5) is 10.9. The highest BCUT2D eigenvalue weighted by molar-refractivity contribution is 5.66. The molecular weight excluding hydrogens is 364 g/mol. The molecule has 0 spiro atoms. The standard InChI is InChI=1S/C25H40O4/c1-16(2)25-15-14-22(27)19(12-13-21(26)18-8-5-4-6-9-18)24(25)17(3)20(25)10-7-11-23(28)29/h10,12-13,16-19,21-22,24,26-27H,4-9,11,14-15H2,1-3H3,(H,28,29)/b13-12+,20-10?/t17?,19-,21?,22+,24+,25-/m1/s1. The molecule has 3 saturated carbocycles. The first-order valence-electron chi connectivity index (χ1n) is 11.8. The molecule has 0 aliphatic heterocycles. The molecule has 29 heavy (non-hydrogen) atoms. The number of carbonyl (C=O) groups is 1. The molecule has 0 bridgehead atoms. The lowest BCUT2D eigenvalue weighted by molar-refractivity contribution is -0.136. The van der Waals surface area contributed by atoms with Crippen molar-refractivity contribution in [2.24, 2.45) is 35.0 Å². The van der Waals surface area contributed by atoms with Crippen LogP contribution in [-0.2, 0) is 4.79 Å². The topological polar surface area (TPSA) is 77.8 Å². The number of hydrogen-bond acceptors (Lipinski definition) is 3. The van der Waals surface area contributed by atoms with E-state index in [1.165, 1.54) is 24.8 Å². The molecule has 4 heteroatoms. The van der Waals surface area contributed by atoms with Gasteiger partial charge in [0, 0.05) is 12.3 Å². The number of carboxylic acids is 1. The van der Waals surface area contributed by atoms with Gasteiger partial charge in [-0.25, -0.2) is 0 Å². The van der Waals surface area contributed by atoms with E-state index in [4.69, 9.17) is 5.11 Å². The minimum absolute atomic E-state index is 0.0575. The van der Waals surface area contributed by atoms with Crippen LogP contribution >= 0.6 is 0 Å². The van der Waals surface area contributed by atoms with Crippen LogP contribution in [0.25, 0.3) is 0 Å². The fraction of sp³-hybridized carbons (Fsp3) is 0.800.